The molecule has 0 radical (unpaired) electrons. The predicted molar refractivity (Wildman–Crippen MR) is 227 cm³/mol. The van der Waals surface area contributed by atoms with E-state index in [1.807, 2.05) is 115 Å². The maximum Gasteiger partial charge on any atom is 0.227 e. The molecule has 57 heavy (non-hydrogen) atoms. The highest BCUT2D eigenvalue weighted by atomic mass is 16.3. The Balaban J connectivity index is 1.06. The van der Waals surface area contributed by atoms with E-state index in [0.717, 1.165) is 99.1 Å². The molecule has 0 spiro atoms. The maximum absolute atomic E-state index is 6.53. The van der Waals surface area contributed by atoms with Crippen molar-refractivity contribution in [2.24, 2.45) is 0 Å². The smallest absolute Gasteiger partial charge is 0.227 e. The van der Waals surface area contributed by atoms with E-state index in [-0.39, 0.29) is 0 Å². The largest absolute Gasteiger partial charge is 0.456 e. The Labute approximate surface area is 324 Å². The molecule has 7 nitrogen and oxygen atoms in total. The lowest BCUT2D eigenvalue weighted by Gasteiger charge is -2.10. The van der Waals surface area contributed by atoms with E-state index < -0.39 is 0 Å². The van der Waals surface area contributed by atoms with Crippen LogP contribution in [0.25, 0.3) is 122 Å². The van der Waals surface area contributed by atoms with Crippen LogP contribution in [-0.2, 0) is 0 Å². The van der Waals surface area contributed by atoms with Crippen molar-refractivity contribution < 1.29 is 13.3 Å². The fourth-order valence-electron chi connectivity index (χ4n) is 8.09. The van der Waals surface area contributed by atoms with Crippen molar-refractivity contribution in [3.8, 4) is 56.7 Å². The summed E-state index contributed by atoms with van der Waals surface area (Å²) in [5.74, 6) is 2.30. The maximum atomic E-state index is 6.53. The summed E-state index contributed by atoms with van der Waals surface area (Å²) in [5.41, 5.74) is 10.4. The molecule has 7 heteroatoms. The molecule has 0 aliphatic carbocycles. The normalized spacial score (nSPS) is 11.9. The van der Waals surface area contributed by atoms with E-state index in [2.05, 4.69) is 54.6 Å². The van der Waals surface area contributed by atoms with Gasteiger partial charge in [0.2, 0.25) is 5.89 Å². The quantitative estimate of drug-likeness (QED) is 0.174. The van der Waals surface area contributed by atoms with Gasteiger partial charge in [-0.05, 0) is 77.2 Å². The third-order valence-corrected chi connectivity index (χ3v) is 10.8. The summed E-state index contributed by atoms with van der Waals surface area (Å²) in [6.45, 7) is 0. The molecular weight excluding hydrogens is 705 g/mol. The van der Waals surface area contributed by atoms with E-state index in [1.54, 1.807) is 0 Å². The number of hydrogen-bond acceptors (Lipinski definition) is 7. The summed E-state index contributed by atoms with van der Waals surface area (Å²) in [5, 5.41) is 6.02. The molecule has 12 rings (SSSR count). The van der Waals surface area contributed by atoms with Crippen molar-refractivity contribution in [3.05, 3.63) is 170 Å². The van der Waals surface area contributed by atoms with E-state index in [0.29, 0.717) is 23.4 Å². The van der Waals surface area contributed by atoms with Crippen LogP contribution >= 0.6 is 0 Å². The number of furan rings is 2. The van der Waals surface area contributed by atoms with Crippen LogP contribution in [0.15, 0.2) is 183 Å². The molecule has 0 atom stereocenters. The molecule has 0 fully saturated rings. The third-order valence-electron chi connectivity index (χ3n) is 10.8. The number of oxazole rings is 1. The molecular formula is C50H28N4O3. The van der Waals surface area contributed by atoms with E-state index in [4.69, 9.17) is 33.2 Å². The number of benzene rings is 8. The number of rotatable bonds is 5. The zero-order valence-electron chi connectivity index (χ0n) is 30.2. The van der Waals surface area contributed by atoms with Gasteiger partial charge in [0.1, 0.15) is 27.8 Å². The zero-order chi connectivity index (χ0) is 37.5. The Hall–Kier alpha value is -7.90. The van der Waals surface area contributed by atoms with Crippen LogP contribution < -0.4 is 0 Å². The third kappa shape index (κ3) is 5.06. The van der Waals surface area contributed by atoms with Crippen molar-refractivity contribution in [1.29, 1.82) is 0 Å². The number of aromatic nitrogens is 4. The van der Waals surface area contributed by atoms with Crippen LogP contribution in [0.3, 0.4) is 0 Å². The molecule has 0 unspecified atom stereocenters. The molecule has 266 valence electrons. The van der Waals surface area contributed by atoms with Gasteiger partial charge < -0.3 is 13.3 Å². The molecule has 0 amide bonds. The lowest BCUT2D eigenvalue weighted by molar-refractivity contribution is 0.623. The molecule has 4 heterocycles. The van der Waals surface area contributed by atoms with Gasteiger partial charge >= 0.3 is 0 Å². The fourth-order valence-corrected chi connectivity index (χ4v) is 8.09. The SMILES string of the molecule is c1ccc(-c2nc(-c3ccc4oc5ccccc5c4c3)nc(-c3cccc4oc5ccc(-c6cccc7ccc8nc(-c9ccccc9)oc8c67)cc5c34)n2)cc1. The van der Waals surface area contributed by atoms with Crippen LogP contribution in [0, 0.1) is 0 Å². The molecule has 0 bridgehead atoms. The van der Waals surface area contributed by atoms with Crippen molar-refractivity contribution in [1.82, 2.24) is 19.9 Å². The van der Waals surface area contributed by atoms with Crippen molar-refractivity contribution >= 4 is 65.7 Å². The minimum absolute atomic E-state index is 0.552. The first-order valence-corrected chi connectivity index (χ1v) is 18.8. The van der Waals surface area contributed by atoms with Crippen molar-refractivity contribution in [2.45, 2.75) is 0 Å². The van der Waals surface area contributed by atoms with E-state index in [9.17, 15) is 0 Å². The summed E-state index contributed by atoms with van der Waals surface area (Å²) in [6.07, 6.45) is 0. The predicted octanol–water partition coefficient (Wildman–Crippen LogP) is 13.3. The highest BCUT2D eigenvalue weighted by Gasteiger charge is 2.20. The average molecular weight is 733 g/mol. The monoisotopic (exact) mass is 732 g/mol. The van der Waals surface area contributed by atoms with Crippen LogP contribution in [-0.4, -0.2) is 19.9 Å². The molecule has 0 N–H and O–H groups in total. The second-order valence-corrected chi connectivity index (χ2v) is 14.2. The van der Waals surface area contributed by atoms with E-state index in [1.165, 1.54) is 0 Å². The second-order valence-electron chi connectivity index (χ2n) is 14.2. The van der Waals surface area contributed by atoms with Crippen molar-refractivity contribution in [2.75, 3.05) is 0 Å². The Bertz CT molecular complexity index is 3530. The minimum Gasteiger partial charge on any atom is -0.456 e. The van der Waals surface area contributed by atoms with Gasteiger partial charge in [-0.1, -0.05) is 109 Å². The van der Waals surface area contributed by atoms with Crippen molar-refractivity contribution in [3.63, 3.8) is 0 Å². The first-order valence-electron chi connectivity index (χ1n) is 18.8. The number of para-hydroxylation sites is 1. The number of nitrogens with zero attached hydrogens (tertiary/aromatic N) is 4. The summed E-state index contributed by atoms with van der Waals surface area (Å²) in [4.78, 5) is 20.2. The highest BCUT2D eigenvalue weighted by Crippen LogP contribution is 2.42. The lowest BCUT2D eigenvalue weighted by atomic mass is 9.95. The first kappa shape index (κ1) is 31.5. The van der Waals surface area contributed by atoms with Crippen LogP contribution in [0.1, 0.15) is 0 Å². The summed E-state index contributed by atoms with van der Waals surface area (Å²) in [7, 11) is 0. The standard InChI is InChI=1S/C50H28N4O3/c1-3-11-30(12-4-1)47-52-48(33-23-26-41-37(28-33)35-16-7-8-19-40(35)55-41)54-49(53-47)36-18-10-20-43-45(36)38-27-32(22-25-42(38)56-43)34-17-9-15-29-21-24-39-46(44(29)34)57-50(51-39)31-13-5-2-6-14-31/h1-28H. The highest BCUT2D eigenvalue weighted by molar-refractivity contribution is 6.15. The Morgan fingerprint density at radius 1 is 0.333 bits per heavy atom. The van der Waals surface area contributed by atoms with Gasteiger partial charge in [-0.25, -0.2) is 19.9 Å². The first-order chi connectivity index (χ1) is 28.2. The van der Waals surface area contributed by atoms with Gasteiger partial charge in [0.05, 0.1) is 0 Å². The average Bonchev–Trinajstić information content (AvgIpc) is 4.00. The summed E-state index contributed by atoms with van der Waals surface area (Å²) < 4.78 is 19.2. The topological polar surface area (TPSA) is 91.0 Å². The zero-order valence-corrected chi connectivity index (χ0v) is 30.2. The minimum atomic E-state index is 0.552. The Morgan fingerprint density at radius 2 is 0.965 bits per heavy atom. The van der Waals surface area contributed by atoms with Gasteiger partial charge in [0, 0.05) is 49.2 Å². The molecule has 4 aromatic heterocycles. The summed E-state index contributed by atoms with van der Waals surface area (Å²) >= 11 is 0. The van der Waals surface area contributed by atoms with Gasteiger partial charge in [0.15, 0.2) is 23.1 Å². The molecule has 0 aliphatic rings. The molecule has 0 saturated heterocycles. The van der Waals surface area contributed by atoms with Crippen LogP contribution in [0.5, 0.6) is 0 Å². The molecule has 8 aromatic carbocycles. The number of hydrogen-bond donors (Lipinski definition) is 0. The summed E-state index contributed by atoms with van der Waals surface area (Å²) in [6, 6.07) is 57.1. The van der Waals surface area contributed by atoms with Crippen LogP contribution in [0.4, 0.5) is 0 Å². The van der Waals surface area contributed by atoms with Gasteiger partial charge in [-0.15, -0.1) is 0 Å². The molecule has 0 aliphatic heterocycles. The second kappa shape index (κ2) is 12.3. The van der Waals surface area contributed by atoms with Crippen LogP contribution in [0.2, 0.25) is 0 Å². The van der Waals surface area contributed by atoms with Gasteiger partial charge in [-0.3, -0.25) is 0 Å². The Morgan fingerprint density at radius 3 is 1.82 bits per heavy atom. The molecule has 0 saturated carbocycles. The molecule has 12 aromatic rings. The number of fused-ring (bicyclic) bond motifs is 9. The lowest BCUT2D eigenvalue weighted by Crippen LogP contribution is -2.00. The van der Waals surface area contributed by atoms with Gasteiger partial charge in [0.25, 0.3) is 0 Å². The Kier molecular flexibility index (Phi) is 6.79. The van der Waals surface area contributed by atoms with E-state index >= 15 is 0 Å². The fraction of sp³-hybridized carbons (Fsp3) is 0. The van der Waals surface area contributed by atoms with Gasteiger partial charge in [-0.2, -0.15) is 0 Å².